The Morgan fingerprint density at radius 3 is 2.74 bits per heavy atom. The number of carbonyl (C=O) groups excluding carboxylic acids is 1. The summed E-state index contributed by atoms with van der Waals surface area (Å²) in [6.07, 6.45) is 2.43. The third-order valence-electron chi connectivity index (χ3n) is 3.75. The van der Waals surface area contributed by atoms with E-state index in [0.29, 0.717) is 23.1 Å². The number of nitrogens with zero attached hydrogens (tertiary/aromatic N) is 2. The predicted molar refractivity (Wildman–Crippen MR) is 82.7 cm³/mol. The van der Waals surface area contributed by atoms with Gasteiger partial charge in [-0.3, -0.25) is 9.89 Å². The molecule has 1 aromatic carbocycles. The molecule has 8 heteroatoms. The van der Waals surface area contributed by atoms with Crippen molar-refractivity contribution in [2.24, 2.45) is 0 Å². The van der Waals surface area contributed by atoms with Crippen LogP contribution in [0.2, 0.25) is 0 Å². The molecule has 1 aliphatic carbocycles. The molecule has 1 aromatic heterocycles. The number of alkyl halides is 2. The fourth-order valence-electron chi connectivity index (χ4n) is 2.40. The van der Waals surface area contributed by atoms with Crippen molar-refractivity contribution in [1.82, 2.24) is 20.1 Å². The zero-order valence-corrected chi connectivity index (χ0v) is 13.1. The van der Waals surface area contributed by atoms with Crippen molar-refractivity contribution in [2.45, 2.75) is 31.2 Å². The number of hydrogen-bond donors (Lipinski definition) is 2. The van der Waals surface area contributed by atoms with Crippen LogP contribution in [0.4, 0.5) is 8.78 Å². The quantitative estimate of drug-likeness (QED) is 0.796. The normalized spacial score (nSPS) is 14.7. The highest BCUT2D eigenvalue weighted by atomic mass is 32.1. The van der Waals surface area contributed by atoms with Crippen molar-refractivity contribution in [3.63, 3.8) is 0 Å². The van der Waals surface area contributed by atoms with Gasteiger partial charge in [0.15, 0.2) is 4.77 Å². The molecule has 0 atom stereocenters. The highest BCUT2D eigenvalue weighted by Gasteiger charge is 2.40. The summed E-state index contributed by atoms with van der Waals surface area (Å²) in [5, 5.41) is 9.08. The van der Waals surface area contributed by atoms with Gasteiger partial charge in [-0.1, -0.05) is 30.3 Å². The second-order valence-corrected chi connectivity index (χ2v) is 5.88. The monoisotopic (exact) mass is 338 g/mol. The Balaban J connectivity index is 1.60. The number of aromatic amines is 1. The Labute approximate surface area is 136 Å². The highest BCUT2D eigenvalue weighted by Crippen LogP contribution is 2.35. The fraction of sp³-hybridized carbons (Fsp3) is 0.400. The van der Waals surface area contributed by atoms with Crippen LogP contribution >= 0.6 is 12.2 Å². The number of nitrogens with one attached hydrogen (secondary N) is 2. The molecular weight excluding hydrogens is 322 g/mol. The van der Waals surface area contributed by atoms with Gasteiger partial charge in [-0.2, -0.15) is 13.9 Å². The molecule has 1 saturated carbocycles. The van der Waals surface area contributed by atoms with Gasteiger partial charge in [0, 0.05) is 24.6 Å². The van der Waals surface area contributed by atoms with Crippen LogP contribution in [0.5, 0.6) is 0 Å². The Morgan fingerprint density at radius 2 is 2.09 bits per heavy atom. The maximum Gasteiger partial charge on any atom is 0.349 e. The van der Waals surface area contributed by atoms with E-state index >= 15 is 0 Å². The van der Waals surface area contributed by atoms with Gasteiger partial charge in [0.25, 0.3) is 5.91 Å². The average Bonchev–Trinajstić information content (AvgIpc) is 3.32. The van der Waals surface area contributed by atoms with E-state index < -0.39 is 11.8 Å². The first kappa shape index (κ1) is 15.8. The summed E-state index contributed by atoms with van der Waals surface area (Å²) >= 11 is 5.15. The van der Waals surface area contributed by atoms with E-state index in [-0.39, 0.29) is 12.1 Å². The molecule has 1 aliphatic rings. The smallest absolute Gasteiger partial charge is 0.349 e. The molecule has 1 heterocycles. The summed E-state index contributed by atoms with van der Waals surface area (Å²) < 4.78 is 30.5. The minimum atomic E-state index is -3.55. The minimum Gasteiger partial charge on any atom is -0.350 e. The Kier molecular flexibility index (Phi) is 4.25. The average molecular weight is 338 g/mol. The molecular formula is C15H16F2N4OS. The van der Waals surface area contributed by atoms with Crippen LogP contribution in [-0.4, -0.2) is 27.2 Å². The van der Waals surface area contributed by atoms with E-state index in [4.69, 9.17) is 12.2 Å². The van der Waals surface area contributed by atoms with Gasteiger partial charge in [0.05, 0.1) is 0 Å². The third kappa shape index (κ3) is 3.31. The lowest BCUT2D eigenvalue weighted by molar-refractivity contribution is -0.146. The zero-order chi connectivity index (χ0) is 16.4. The van der Waals surface area contributed by atoms with Gasteiger partial charge < -0.3 is 9.88 Å². The molecule has 0 unspecified atom stereocenters. The second kappa shape index (κ2) is 6.19. The summed E-state index contributed by atoms with van der Waals surface area (Å²) in [6.45, 7) is 0.0770. The second-order valence-electron chi connectivity index (χ2n) is 5.49. The Morgan fingerprint density at radius 1 is 1.39 bits per heavy atom. The van der Waals surface area contributed by atoms with Crippen LogP contribution in [-0.2, 0) is 17.1 Å². The summed E-state index contributed by atoms with van der Waals surface area (Å²) in [5.41, 5.74) is -0.321. The van der Waals surface area contributed by atoms with Crippen molar-refractivity contribution < 1.29 is 13.6 Å². The van der Waals surface area contributed by atoms with Crippen molar-refractivity contribution in [2.75, 3.05) is 6.54 Å². The topological polar surface area (TPSA) is 62.7 Å². The highest BCUT2D eigenvalue weighted by molar-refractivity contribution is 7.71. The van der Waals surface area contributed by atoms with Gasteiger partial charge >= 0.3 is 5.92 Å². The maximum absolute atomic E-state index is 14.0. The first-order chi connectivity index (χ1) is 11.0. The summed E-state index contributed by atoms with van der Waals surface area (Å²) in [4.78, 5) is 11.8. The van der Waals surface area contributed by atoms with Crippen LogP contribution in [0.15, 0.2) is 30.3 Å². The third-order valence-corrected chi connectivity index (χ3v) is 4.03. The first-order valence-electron chi connectivity index (χ1n) is 7.37. The lowest BCUT2D eigenvalue weighted by Gasteiger charge is -2.16. The van der Waals surface area contributed by atoms with Crippen LogP contribution < -0.4 is 5.32 Å². The molecule has 2 N–H and O–H groups in total. The summed E-state index contributed by atoms with van der Waals surface area (Å²) in [6, 6.07) is 7.39. The Bertz CT molecular complexity index is 752. The van der Waals surface area contributed by atoms with Gasteiger partial charge in [0.1, 0.15) is 5.82 Å². The molecule has 2 aromatic rings. The van der Waals surface area contributed by atoms with Crippen molar-refractivity contribution >= 4 is 18.1 Å². The van der Waals surface area contributed by atoms with Crippen molar-refractivity contribution in [3.8, 4) is 0 Å². The molecule has 0 aliphatic heterocycles. The number of rotatable bonds is 6. The number of amides is 1. The van der Waals surface area contributed by atoms with E-state index in [1.54, 1.807) is 6.07 Å². The molecule has 0 saturated heterocycles. The lowest BCUT2D eigenvalue weighted by Crippen LogP contribution is -2.39. The molecule has 1 amide bonds. The molecule has 0 radical (unpaired) electrons. The van der Waals surface area contributed by atoms with Crippen molar-refractivity contribution in [1.29, 1.82) is 0 Å². The molecule has 5 nitrogen and oxygen atoms in total. The molecule has 1 fully saturated rings. The predicted octanol–water partition coefficient (Wildman–Crippen LogP) is 2.73. The molecule has 0 bridgehead atoms. The largest absolute Gasteiger partial charge is 0.350 e. The molecule has 3 rings (SSSR count). The SMILES string of the molecule is O=C(NCCc1n[nH]c(=S)n1C1CC1)C(F)(F)c1ccccc1. The molecule has 0 spiro atoms. The van der Waals surface area contributed by atoms with Crippen LogP contribution in [0.1, 0.15) is 30.3 Å². The number of hydrogen-bond acceptors (Lipinski definition) is 3. The van der Waals surface area contributed by atoms with E-state index in [9.17, 15) is 13.6 Å². The van der Waals surface area contributed by atoms with Gasteiger partial charge in [-0.15, -0.1) is 0 Å². The number of aromatic nitrogens is 3. The lowest BCUT2D eigenvalue weighted by atomic mass is 10.1. The van der Waals surface area contributed by atoms with Crippen molar-refractivity contribution in [3.05, 3.63) is 46.5 Å². The first-order valence-corrected chi connectivity index (χ1v) is 7.78. The van der Waals surface area contributed by atoms with Crippen LogP contribution in [0, 0.1) is 4.77 Å². The van der Waals surface area contributed by atoms with E-state index in [1.807, 2.05) is 4.57 Å². The zero-order valence-electron chi connectivity index (χ0n) is 12.3. The fourth-order valence-corrected chi connectivity index (χ4v) is 2.70. The number of H-pyrrole nitrogens is 1. The van der Waals surface area contributed by atoms with Gasteiger partial charge in [-0.25, -0.2) is 0 Å². The van der Waals surface area contributed by atoms with E-state index in [1.165, 1.54) is 24.3 Å². The van der Waals surface area contributed by atoms with Crippen LogP contribution in [0.25, 0.3) is 0 Å². The van der Waals surface area contributed by atoms with E-state index in [2.05, 4.69) is 15.5 Å². The maximum atomic E-state index is 14.0. The van der Waals surface area contributed by atoms with Gasteiger partial charge in [-0.05, 0) is 25.1 Å². The number of benzene rings is 1. The van der Waals surface area contributed by atoms with Crippen LogP contribution in [0.3, 0.4) is 0 Å². The molecule has 122 valence electrons. The van der Waals surface area contributed by atoms with Gasteiger partial charge in [0.2, 0.25) is 0 Å². The summed E-state index contributed by atoms with van der Waals surface area (Å²) in [7, 11) is 0. The van der Waals surface area contributed by atoms with E-state index in [0.717, 1.165) is 12.8 Å². The number of carbonyl (C=O) groups is 1. The minimum absolute atomic E-state index is 0.0770. The number of halogens is 2. The summed E-state index contributed by atoms with van der Waals surface area (Å²) in [5.74, 6) is -4.18. The standard InChI is InChI=1S/C15H16F2N4OS/c16-15(17,10-4-2-1-3-5-10)13(22)18-9-8-12-19-20-14(23)21(12)11-6-7-11/h1-5,11H,6-9H2,(H,18,22)(H,20,23). The Hall–Kier alpha value is -2.09. The molecule has 23 heavy (non-hydrogen) atoms.